The first kappa shape index (κ1) is 26.4. The number of anilines is 1. The molecule has 1 aromatic carbocycles. The molecule has 1 saturated carbocycles. The molecule has 1 atom stereocenters. The van der Waals surface area contributed by atoms with E-state index < -0.39 is 35.1 Å². The summed E-state index contributed by atoms with van der Waals surface area (Å²) in [6.07, 6.45) is 7.38. The van der Waals surface area contributed by atoms with Crippen LogP contribution in [0.4, 0.5) is 13.9 Å². The Labute approximate surface area is 212 Å². The number of carbonyl (C=O) groups excluding carboxylic acids is 2. The number of rotatable bonds is 9. The van der Waals surface area contributed by atoms with Gasteiger partial charge in [0, 0.05) is 30.7 Å². The second kappa shape index (κ2) is 11.6. The highest BCUT2D eigenvalue weighted by Crippen LogP contribution is 2.30. The molecule has 1 N–H and O–H groups in total. The van der Waals surface area contributed by atoms with Crippen molar-refractivity contribution < 1.29 is 31.5 Å². The molecule has 0 spiro atoms. The summed E-state index contributed by atoms with van der Waals surface area (Å²) in [5.41, 5.74) is 0. The van der Waals surface area contributed by atoms with Gasteiger partial charge in [0.05, 0.1) is 11.4 Å². The predicted octanol–water partition coefficient (Wildman–Crippen LogP) is 3.56. The van der Waals surface area contributed by atoms with Crippen molar-refractivity contribution in [2.75, 3.05) is 25.0 Å². The van der Waals surface area contributed by atoms with Crippen molar-refractivity contribution in [3.63, 3.8) is 0 Å². The highest BCUT2D eigenvalue weighted by molar-refractivity contribution is 7.89. The highest BCUT2D eigenvalue weighted by Gasteiger charge is 2.39. The van der Waals surface area contributed by atoms with Crippen molar-refractivity contribution in [1.29, 1.82) is 0 Å². The van der Waals surface area contributed by atoms with Crippen LogP contribution in [-0.2, 0) is 19.6 Å². The van der Waals surface area contributed by atoms with Gasteiger partial charge in [-0.15, -0.1) is 11.3 Å². The van der Waals surface area contributed by atoms with E-state index in [1.54, 1.807) is 11.6 Å². The van der Waals surface area contributed by atoms with E-state index in [2.05, 4.69) is 15.0 Å². The maximum Gasteiger partial charge on any atom is 0.387 e. The summed E-state index contributed by atoms with van der Waals surface area (Å²) < 4.78 is 56.7. The minimum Gasteiger partial charge on any atom is -0.435 e. The maximum atomic E-state index is 13.2. The van der Waals surface area contributed by atoms with Crippen LogP contribution >= 0.6 is 11.3 Å². The Morgan fingerprint density at radius 2 is 2.00 bits per heavy atom. The first-order valence-electron chi connectivity index (χ1n) is 11.8. The number of nitrogens with zero attached hydrogens (tertiary/aromatic N) is 3. The van der Waals surface area contributed by atoms with Crippen LogP contribution < -0.4 is 10.1 Å². The number of benzene rings is 1. The minimum absolute atomic E-state index is 0.0281. The molecule has 2 amide bonds. The number of nitrogens with one attached hydrogen (secondary N) is 1. The van der Waals surface area contributed by atoms with Gasteiger partial charge in [0.1, 0.15) is 11.8 Å². The lowest BCUT2D eigenvalue weighted by Gasteiger charge is -2.39. The third-order valence-corrected chi connectivity index (χ3v) is 9.04. The standard InChI is InChI=1S/C23H28F2N4O5S2/c24-22(25)34-17-7-4-8-18(14-17)36(32,33)28-10-11-29(20(30)15-28)19(13-16-5-2-1-3-6-16)21(31)27-23-26-9-12-35-23/h4,7-9,12,14,16,19,22H,1-3,5-6,10-11,13,15H2,(H,26,27,31). The largest absolute Gasteiger partial charge is 0.435 e. The molecule has 2 heterocycles. The maximum absolute atomic E-state index is 13.2. The average molecular weight is 543 g/mol. The van der Waals surface area contributed by atoms with Crippen molar-refractivity contribution in [3.8, 4) is 5.75 Å². The van der Waals surface area contributed by atoms with E-state index in [1.165, 1.54) is 34.4 Å². The van der Waals surface area contributed by atoms with E-state index in [-0.39, 0.29) is 29.6 Å². The molecule has 9 nitrogen and oxygen atoms in total. The van der Waals surface area contributed by atoms with E-state index >= 15 is 0 Å². The van der Waals surface area contributed by atoms with E-state index in [9.17, 15) is 26.8 Å². The van der Waals surface area contributed by atoms with Crippen LogP contribution in [0.15, 0.2) is 40.7 Å². The molecule has 1 saturated heterocycles. The van der Waals surface area contributed by atoms with Gasteiger partial charge in [0.15, 0.2) is 5.13 Å². The fourth-order valence-corrected chi connectivity index (χ4v) is 6.70. The van der Waals surface area contributed by atoms with Gasteiger partial charge in [-0.2, -0.15) is 13.1 Å². The van der Waals surface area contributed by atoms with E-state index in [1.807, 2.05) is 0 Å². The normalized spacial score (nSPS) is 18.9. The number of piperazine rings is 1. The predicted molar refractivity (Wildman–Crippen MR) is 129 cm³/mol. The van der Waals surface area contributed by atoms with Crippen LogP contribution in [0, 0.1) is 5.92 Å². The molecule has 2 aliphatic rings. The molecule has 1 aliphatic heterocycles. The van der Waals surface area contributed by atoms with Crippen molar-refractivity contribution >= 4 is 38.3 Å². The number of sulfonamides is 1. The van der Waals surface area contributed by atoms with Crippen LogP contribution in [0.25, 0.3) is 0 Å². The summed E-state index contributed by atoms with van der Waals surface area (Å²) in [7, 11) is -4.14. The summed E-state index contributed by atoms with van der Waals surface area (Å²) in [4.78, 5) is 31.7. The van der Waals surface area contributed by atoms with Gasteiger partial charge in [-0.3, -0.25) is 9.59 Å². The van der Waals surface area contributed by atoms with Crippen LogP contribution in [0.5, 0.6) is 5.75 Å². The van der Waals surface area contributed by atoms with Gasteiger partial charge in [-0.25, -0.2) is 13.4 Å². The lowest BCUT2D eigenvalue weighted by molar-refractivity contribution is -0.142. The quantitative estimate of drug-likeness (QED) is 0.519. The molecular weight excluding hydrogens is 514 g/mol. The van der Waals surface area contributed by atoms with E-state index in [4.69, 9.17) is 0 Å². The van der Waals surface area contributed by atoms with Crippen LogP contribution in [-0.4, -0.2) is 66.7 Å². The smallest absolute Gasteiger partial charge is 0.387 e. The number of ether oxygens (including phenoxy) is 1. The van der Waals surface area contributed by atoms with E-state index in [0.29, 0.717) is 17.5 Å². The van der Waals surface area contributed by atoms with Crippen LogP contribution in [0.1, 0.15) is 38.5 Å². The summed E-state index contributed by atoms with van der Waals surface area (Å²) in [6.45, 7) is -3.54. The fourth-order valence-electron chi connectivity index (χ4n) is 4.75. The molecule has 1 aliphatic carbocycles. The number of amides is 2. The van der Waals surface area contributed by atoms with Crippen LogP contribution in [0.3, 0.4) is 0 Å². The molecular formula is C23H28F2N4O5S2. The zero-order valence-corrected chi connectivity index (χ0v) is 21.1. The van der Waals surface area contributed by atoms with Gasteiger partial charge in [0.25, 0.3) is 0 Å². The fraction of sp³-hybridized carbons (Fsp3) is 0.522. The van der Waals surface area contributed by atoms with Gasteiger partial charge in [-0.05, 0) is 24.5 Å². The van der Waals surface area contributed by atoms with Gasteiger partial charge < -0.3 is 15.0 Å². The first-order chi connectivity index (χ1) is 17.2. The van der Waals surface area contributed by atoms with E-state index in [0.717, 1.165) is 42.5 Å². The number of halogens is 2. The molecule has 1 unspecified atom stereocenters. The highest BCUT2D eigenvalue weighted by atomic mass is 32.2. The number of aromatic nitrogens is 1. The van der Waals surface area contributed by atoms with Crippen molar-refractivity contribution in [2.24, 2.45) is 5.92 Å². The second-order valence-electron chi connectivity index (χ2n) is 8.86. The Bertz CT molecular complexity index is 1160. The summed E-state index contributed by atoms with van der Waals surface area (Å²) in [5, 5.41) is 4.96. The second-order valence-corrected chi connectivity index (χ2v) is 11.7. The lowest BCUT2D eigenvalue weighted by atomic mass is 9.84. The average Bonchev–Trinajstić information content (AvgIpc) is 3.36. The number of alkyl halides is 2. The third-order valence-electron chi connectivity index (χ3n) is 6.51. The van der Waals surface area contributed by atoms with Crippen molar-refractivity contribution in [1.82, 2.24) is 14.2 Å². The molecule has 2 fully saturated rings. The lowest BCUT2D eigenvalue weighted by Crippen LogP contribution is -2.58. The zero-order valence-electron chi connectivity index (χ0n) is 19.5. The molecule has 36 heavy (non-hydrogen) atoms. The zero-order chi connectivity index (χ0) is 25.7. The van der Waals surface area contributed by atoms with Gasteiger partial charge >= 0.3 is 6.61 Å². The number of hydrogen-bond donors (Lipinski definition) is 1. The Morgan fingerprint density at radius 1 is 1.22 bits per heavy atom. The molecule has 13 heteroatoms. The van der Waals surface area contributed by atoms with Gasteiger partial charge in [0.2, 0.25) is 21.8 Å². The van der Waals surface area contributed by atoms with Gasteiger partial charge in [-0.1, -0.05) is 38.2 Å². The SMILES string of the molecule is O=C(Nc1nccs1)C(CC1CCCCC1)N1CCN(S(=O)(=O)c2cccc(OC(F)F)c2)CC1=O. The summed E-state index contributed by atoms with van der Waals surface area (Å²) in [6, 6.07) is 4.05. The third kappa shape index (κ3) is 6.37. The topological polar surface area (TPSA) is 109 Å². The minimum atomic E-state index is -4.14. The number of thiazole rings is 1. The Morgan fingerprint density at radius 3 is 2.67 bits per heavy atom. The number of hydrogen-bond acceptors (Lipinski definition) is 7. The van der Waals surface area contributed by atoms with Crippen molar-refractivity contribution in [3.05, 3.63) is 35.8 Å². The number of carbonyl (C=O) groups is 2. The summed E-state index contributed by atoms with van der Waals surface area (Å²) in [5.74, 6) is -0.808. The molecule has 1 aromatic heterocycles. The molecule has 0 bridgehead atoms. The monoisotopic (exact) mass is 542 g/mol. The summed E-state index contributed by atoms with van der Waals surface area (Å²) >= 11 is 1.28. The Balaban J connectivity index is 1.49. The molecule has 4 rings (SSSR count). The Kier molecular flexibility index (Phi) is 8.52. The van der Waals surface area contributed by atoms with Crippen LogP contribution in [0.2, 0.25) is 0 Å². The molecule has 196 valence electrons. The molecule has 2 aromatic rings. The first-order valence-corrected chi connectivity index (χ1v) is 14.1. The van der Waals surface area contributed by atoms with Crippen molar-refractivity contribution in [2.45, 2.75) is 56.1 Å². The molecule has 0 radical (unpaired) electrons. The Hall–Kier alpha value is -2.64.